The van der Waals surface area contributed by atoms with Gasteiger partial charge in [-0.1, -0.05) is 25.7 Å². The van der Waals surface area contributed by atoms with E-state index in [-0.39, 0.29) is 6.10 Å². The standard InChI is InChI=1S/C13H25NOS/c15-13(7-11-3-1-2-4-11)9-14-8-12-5-6-16-10-12/h11-15H,1-10H2. The van der Waals surface area contributed by atoms with Crippen molar-refractivity contribution < 1.29 is 5.11 Å². The van der Waals surface area contributed by atoms with Crippen molar-refractivity contribution in [2.45, 2.75) is 44.6 Å². The zero-order chi connectivity index (χ0) is 11.2. The Morgan fingerprint density at radius 1 is 1.19 bits per heavy atom. The van der Waals surface area contributed by atoms with Crippen LogP contribution in [0.2, 0.25) is 0 Å². The molecule has 2 N–H and O–H groups in total. The summed E-state index contributed by atoms with van der Waals surface area (Å²) in [6.45, 7) is 1.91. The monoisotopic (exact) mass is 243 g/mol. The predicted octanol–water partition coefficient (Wildman–Crippen LogP) is 2.27. The Morgan fingerprint density at radius 3 is 2.69 bits per heavy atom. The second-order valence-electron chi connectivity index (χ2n) is 5.43. The second kappa shape index (κ2) is 6.87. The average molecular weight is 243 g/mol. The molecule has 1 aliphatic heterocycles. The molecule has 1 saturated heterocycles. The molecule has 16 heavy (non-hydrogen) atoms. The Bertz CT molecular complexity index is 188. The fourth-order valence-electron chi connectivity index (χ4n) is 2.91. The van der Waals surface area contributed by atoms with E-state index in [2.05, 4.69) is 17.1 Å². The van der Waals surface area contributed by atoms with Crippen molar-refractivity contribution >= 4 is 11.8 Å². The highest BCUT2D eigenvalue weighted by atomic mass is 32.2. The molecule has 1 aliphatic carbocycles. The summed E-state index contributed by atoms with van der Waals surface area (Å²) in [5, 5.41) is 13.4. The van der Waals surface area contributed by atoms with Gasteiger partial charge < -0.3 is 10.4 Å². The van der Waals surface area contributed by atoms with E-state index in [1.54, 1.807) is 0 Å². The maximum Gasteiger partial charge on any atom is 0.0667 e. The highest BCUT2D eigenvalue weighted by Gasteiger charge is 2.19. The van der Waals surface area contributed by atoms with Crippen molar-refractivity contribution in [2.24, 2.45) is 11.8 Å². The minimum atomic E-state index is -0.114. The van der Waals surface area contributed by atoms with Crippen LogP contribution in [-0.2, 0) is 0 Å². The Balaban J connectivity index is 1.51. The minimum absolute atomic E-state index is 0.114. The van der Waals surface area contributed by atoms with Gasteiger partial charge in [-0.05, 0) is 42.7 Å². The van der Waals surface area contributed by atoms with Gasteiger partial charge in [0, 0.05) is 6.54 Å². The topological polar surface area (TPSA) is 32.3 Å². The maximum absolute atomic E-state index is 9.92. The SMILES string of the molecule is OC(CNCC1CCSC1)CC1CCCC1. The fraction of sp³-hybridized carbons (Fsp3) is 1.00. The van der Waals surface area contributed by atoms with E-state index in [9.17, 15) is 5.11 Å². The van der Waals surface area contributed by atoms with Crippen LogP contribution in [-0.4, -0.2) is 35.8 Å². The average Bonchev–Trinajstić information content (AvgIpc) is 2.90. The summed E-state index contributed by atoms with van der Waals surface area (Å²) in [5.74, 6) is 4.30. The smallest absolute Gasteiger partial charge is 0.0667 e. The third-order valence-corrected chi connectivity index (χ3v) is 5.15. The molecule has 2 nitrogen and oxygen atoms in total. The molecule has 2 unspecified atom stereocenters. The van der Waals surface area contributed by atoms with E-state index in [0.717, 1.165) is 31.3 Å². The van der Waals surface area contributed by atoms with Gasteiger partial charge in [0.25, 0.3) is 0 Å². The Hall–Kier alpha value is 0.270. The van der Waals surface area contributed by atoms with Crippen molar-refractivity contribution in [3.63, 3.8) is 0 Å². The van der Waals surface area contributed by atoms with E-state index in [0.29, 0.717) is 0 Å². The molecule has 2 rings (SSSR count). The van der Waals surface area contributed by atoms with E-state index >= 15 is 0 Å². The van der Waals surface area contributed by atoms with Crippen molar-refractivity contribution in [2.75, 3.05) is 24.6 Å². The zero-order valence-electron chi connectivity index (χ0n) is 10.2. The highest BCUT2D eigenvalue weighted by Crippen LogP contribution is 2.28. The lowest BCUT2D eigenvalue weighted by atomic mass is 10.00. The van der Waals surface area contributed by atoms with Crippen LogP contribution < -0.4 is 5.32 Å². The lowest BCUT2D eigenvalue weighted by Crippen LogP contribution is -2.32. The molecule has 1 saturated carbocycles. The fourth-order valence-corrected chi connectivity index (χ4v) is 4.20. The van der Waals surface area contributed by atoms with Gasteiger partial charge in [0.1, 0.15) is 0 Å². The first-order valence-corrected chi connectivity index (χ1v) is 7.96. The lowest BCUT2D eigenvalue weighted by molar-refractivity contribution is 0.139. The van der Waals surface area contributed by atoms with Gasteiger partial charge >= 0.3 is 0 Å². The van der Waals surface area contributed by atoms with Gasteiger partial charge in [-0.3, -0.25) is 0 Å². The maximum atomic E-state index is 9.92. The number of hydrogen-bond donors (Lipinski definition) is 2. The van der Waals surface area contributed by atoms with E-state index in [1.807, 2.05) is 0 Å². The first kappa shape index (κ1) is 12.7. The summed E-state index contributed by atoms with van der Waals surface area (Å²) in [7, 11) is 0. The molecule has 0 amide bonds. The van der Waals surface area contributed by atoms with Gasteiger partial charge in [-0.15, -0.1) is 0 Å². The largest absolute Gasteiger partial charge is 0.392 e. The molecule has 1 heterocycles. The Labute approximate surface area is 104 Å². The molecule has 0 spiro atoms. The molecule has 2 atom stereocenters. The van der Waals surface area contributed by atoms with Crippen LogP contribution in [0.3, 0.4) is 0 Å². The summed E-state index contributed by atoms with van der Waals surface area (Å²) in [5.41, 5.74) is 0. The summed E-state index contributed by atoms with van der Waals surface area (Å²) in [4.78, 5) is 0. The molecule has 94 valence electrons. The first-order chi connectivity index (χ1) is 7.84. The highest BCUT2D eigenvalue weighted by molar-refractivity contribution is 7.99. The molecule has 2 aliphatic rings. The number of thioether (sulfide) groups is 1. The van der Waals surface area contributed by atoms with Gasteiger partial charge in [0.15, 0.2) is 0 Å². The molecule has 3 heteroatoms. The summed E-state index contributed by atoms with van der Waals surface area (Å²) >= 11 is 2.06. The van der Waals surface area contributed by atoms with Crippen LogP contribution >= 0.6 is 11.8 Å². The van der Waals surface area contributed by atoms with Crippen LogP contribution in [0.1, 0.15) is 38.5 Å². The van der Waals surface area contributed by atoms with Gasteiger partial charge in [-0.2, -0.15) is 11.8 Å². The van der Waals surface area contributed by atoms with Gasteiger partial charge in [-0.25, -0.2) is 0 Å². The van der Waals surface area contributed by atoms with Crippen LogP contribution in [0, 0.1) is 11.8 Å². The van der Waals surface area contributed by atoms with E-state index in [1.165, 1.54) is 43.6 Å². The number of rotatable bonds is 6. The van der Waals surface area contributed by atoms with Crippen LogP contribution in [0.5, 0.6) is 0 Å². The van der Waals surface area contributed by atoms with E-state index in [4.69, 9.17) is 0 Å². The molecule has 0 radical (unpaired) electrons. The van der Waals surface area contributed by atoms with Crippen molar-refractivity contribution in [1.82, 2.24) is 5.32 Å². The molecule has 2 fully saturated rings. The summed E-state index contributed by atoms with van der Waals surface area (Å²) in [6.07, 6.45) is 7.71. The Kier molecular flexibility index (Phi) is 5.46. The Morgan fingerprint density at radius 2 is 2.00 bits per heavy atom. The lowest BCUT2D eigenvalue weighted by Gasteiger charge is -2.17. The number of aliphatic hydroxyl groups is 1. The van der Waals surface area contributed by atoms with E-state index < -0.39 is 0 Å². The molecule has 0 aromatic rings. The second-order valence-corrected chi connectivity index (χ2v) is 6.58. The van der Waals surface area contributed by atoms with Gasteiger partial charge in [0.2, 0.25) is 0 Å². The molecular formula is C13H25NOS. The number of nitrogens with one attached hydrogen (secondary N) is 1. The number of hydrogen-bond acceptors (Lipinski definition) is 3. The van der Waals surface area contributed by atoms with Crippen LogP contribution in [0.25, 0.3) is 0 Å². The first-order valence-electron chi connectivity index (χ1n) is 6.81. The number of aliphatic hydroxyl groups excluding tert-OH is 1. The molecule has 0 aromatic carbocycles. The third-order valence-electron chi connectivity index (χ3n) is 3.92. The molecular weight excluding hydrogens is 218 g/mol. The zero-order valence-corrected chi connectivity index (χ0v) is 11.0. The van der Waals surface area contributed by atoms with Crippen molar-refractivity contribution in [3.8, 4) is 0 Å². The molecule has 0 aromatic heterocycles. The minimum Gasteiger partial charge on any atom is -0.392 e. The summed E-state index contributed by atoms with van der Waals surface area (Å²) in [6, 6.07) is 0. The van der Waals surface area contributed by atoms with Gasteiger partial charge in [0.05, 0.1) is 6.10 Å². The quantitative estimate of drug-likeness (QED) is 0.750. The van der Waals surface area contributed by atoms with Crippen LogP contribution in [0.15, 0.2) is 0 Å². The van der Waals surface area contributed by atoms with Crippen LogP contribution in [0.4, 0.5) is 0 Å². The molecule has 0 bridgehead atoms. The third kappa shape index (κ3) is 4.27. The van der Waals surface area contributed by atoms with Crippen molar-refractivity contribution in [3.05, 3.63) is 0 Å². The normalized spacial score (nSPS) is 28.7. The predicted molar refractivity (Wildman–Crippen MR) is 70.9 cm³/mol. The van der Waals surface area contributed by atoms with Crippen molar-refractivity contribution in [1.29, 1.82) is 0 Å². The summed E-state index contributed by atoms with van der Waals surface area (Å²) < 4.78 is 0.